The van der Waals surface area contributed by atoms with E-state index in [4.69, 9.17) is 5.73 Å². The lowest BCUT2D eigenvalue weighted by Gasteiger charge is -2.27. The van der Waals surface area contributed by atoms with Crippen molar-refractivity contribution >= 4 is 5.69 Å². The van der Waals surface area contributed by atoms with E-state index in [9.17, 15) is 0 Å². The van der Waals surface area contributed by atoms with Crippen molar-refractivity contribution in [2.45, 2.75) is 27.7 Å². The molecule has 1 aromatic carbocycles. The molecule has 0 aromatic heterocycles. The molecule has 0 aliphatic rings. The van der Waals surface area contributed by atoms with Crippen LogP contribution >= 0.6 is 0 Å². The summed E-state index contributed by atoms with van der Waals surface area (Å²) in [5.74, 6) is 1.19. The van der Waals surface area contributed by atoms with E-state index >= 15 is 0 Å². The van der Waals surface area contributed by atoms with Crippen LogP contribution in [0.15, 0.2) is 18.2 Å². The summed E-state index contributed by atoms with van der Waals surface area (Å²) in [6.45, 7) is 10.6. The summed E-state index contributed by atoms with van der Waals surface area (Å²) in [6.07, 6.45) is 0. The Morgan fingerprint density at radius 2 is 1.82 bits per heavy atom. The zero-order valence-corrected chi connectivity index (χ0v) is 11.8. The van der Waals surface area contributed by atoms with Crippen LogP contribution < -0.4 is 10.6 Å². The third-order valence-corrected chi connectivity index (χ3v) is 3.69. The van der Waals surface area contributed by atoms with Crippen LogP contribution in [0.4, 0.5) is 5.69 Å². The van der Waals surface area contributed by atoms with Gasteiger partial charge in [0.15, 0.2) is 0 Å². The Morgan fingerprint density at radius 1 is 1.18 bits per heavy atom. The van der Waals surface area contributed by atoms with Crippen LogP contribution in [0, 0.1) is 25.7 Å². The van der Waals surface area contributed by atoms with Gasteiger partial charge >= 0.3 is 0 Å². The van der Waals surface area contributed by atoms with Crippen molar-refractivity contribution in [1.29, 1.82) is 0 Å². The van der Waals surface area contributed by atoms with Crippen molar-refractivity contribution in [3.63, 3.8) is 0 Å². The third kappa shape index (κ3) is 3.74. The molecule has 1 unspecified atom stereocenters. The van der Waals surface area contributed by atoms with Crippen LogP contribution in [0.5, 0.6) is 0 Å². The van der Waals surface area contributed by atoms with E-state index in [1.54, 1.807) is 0 Å². The summed E-state index contributed by atoms with van der Waals surface area (Å²) in [6, 6.07) is 6.63. The quantitative estimate of drug-likeness (QED) is 0.848. The van der Waals surface area contributed by atoms with Gasteiger partial charge in [-0.05, 0) is 55.5 Å². The second-order valence-electron chi connectivity index (χ2n) is 5.39. The van der Waals surface area contributed by atoms with Crippen molar-refractivity contribution in [3.8, 4) is 0 Å². The molecule has 0 bridgehead atoms. The SMILES string of the molecule is Cc1ccc(N(C)CC(CN)C(C)C)cc1C. The second kappa shape index (κ2) is 6.06. The first-order valence-electron chi connectivity index (χ1n) is 6.44. The molecular formula is C15H26N2. The fraction of sp³-hybridized carbons (Fsp3) is 0.600. The van der Waals surface area contributed by atoms with Gasteiger partial charge in [0.05, 0.1) is 0 Å². The maximum Gasteiger partial charge on any atom is 0.0366 e. The molecule has 0 fully saturated rings. The van der Waals surface area contributed by atoms with Crippen molar-refractivity contribution in [3.05, 3.63) is 29.3 Å². The van der Waals surface area contributed by atoms with Gasteiger partial charge in [-0.3, -0.25) is 0 Å². The molecule has 0 heterocycles. The Kier molecular flexibility index (Phi) is 5.01. The second-order valence-corrected chi connectivity index (χ2v) is 5.39. The molecule has 0 saturated carbocycles. The lowest BCUT2D eigenvalue weighted by molar-refractivity contribution is 0.398. The Balaban J connectivity index is 2.75. The fourth-order valence-corrected chi connectivity index (χ4v) is 1.98. The molecule has 96 valence electrons. The minimum Gasteiger partial charge on any atom is -0.374 e. The minimum absolute atomic E-state index is 0.557. The first-order chi connectivity index (χ1) is 7.95. The summed E-state index contributed by atoms with van der Waals surface area (Å²) < 4.78 is 0. The van der Waals surface area contributed by atoms with Crippen LogP contribution in [0.25, 0.3) is 0 Å². The van der Waals surface area contributed by atoms with E-state index in [-0.39, 0.29) is 0 Å². The lowest BCUT2D eigenvalue weighted by atomic mass is 9.95. The van der Waals surface area contributed by atoms with E-state index in [0.717, 1.165) is 13.1 Å². The average Bonchev–Trinajstić information content (AvgIpc) is 2.28. The smallest absolute Gasteiger partial charge is 0.0366 e. The molecule has 0 saturated heterocycles. The predicted octanol–water partition coefficient (Wildman–Crippen LogP) is 2.97. The molecule has 0 amide bonds. The first-order valence-corrected chi connectivity index (χ1v) is 6.44. The van der Waals surface area contributed by atoms with Gasteiger partial charge in [-0.1, -0.05) is 19.9 Å². The number of hydrogen-bond donors (Lipinski definition) is 1. The number of anilines is 1. The summed E-state index contributed by atoms with van der Waals surface area (Å²) >= 11 is 0. The monoisotopic (exact) mass is 234 g/mol. The Labute approximate surface area is 106 Å². The molecule has 2 heteroatoms. The van der Waals surface area contributed by atoms with Crippen LogP contribution in [0.3, 0.4) is 0 Å². The normalized spacial score (nSPS) is 12.9. The molecule has 0 aliphatic heterocycles. The number of benzene rings is 1. The van der Waals surface area contributed by atoms with E-state index < -0.39 is 0 Å². The molecule has 0 radical (unpaired) electrons. The number of aryl methyl sites for hydroxylation is 2. The van der Waals surface area contributed by atoms with E-state index in [2.05, 4.69) is 57.8 Å². The summed E-state index contributed by atoms with van der Waals surface area (Å²) in [5, 5.41) is 0. The molecule has 17 heavy (non-hydrogen) atoms. The topological polar surface area (TPSA) is 29.3 Å². The number of nitrogens with zero attached hydrogens (tertiary/aromatic N) is 1. The highest BCUT2D eigenvalue weighted by atomic mass is 15.1. The van der Waals surface area contributed by atoms with Gasteiger partial charge < -0.3 is 10.6 Å². The molecular weight excluding hydrogens is 208 g/mol. The summed E-state index contributed by atoms with van der Waals surface area (Å²) in [5.41, 5.74) is 9.81. The molecule has 1 aromatic rings. The zero-order valence-electron chi connectivity index (χ0n) is 11.8. The number of hydrogen-bond acceptors (Lipinski definition) is 2. The molecule has 2 N–H and O–H groups in total. The molecule has 2 nitrogen and oxygen atoms in total. The van der Waals surface area contributed by atoms with Crippen molar-refractivity contribution in [1.82, 2.24) is 0 Å². The summed E-state index contributed by atoms with van der Waals surface area (Å²) in [4.78, 5) is 2.31. The van der Waals surface area contributed by atoms with Crippen molar-refractivity contribution < 1.29 is 0 Å². The molecule has 1 rings (SSSR count). The van der Waals surface area contributed by atoms with Crippen LogP contribution in [0.2, 0.25) is 0 Å². The van der Waals surface area contributed by atoms with Crippen molar-refractivity contribution in [2.24, 2.45) is 17.6 Å². The Morgan fingerprint density at radius 3 is 2.29 bits per heavy atom. The Hall–Kier alpha value is -1.02. The van der Waals surface area contributed by atoms with Crippen LogP contribution in [0.1, 0.15) is 25.0 Å². The van der Waals surface area contributed by atoms with Crippen LogP contribution in [-0.2, 0) is 0 Å². The predicted molar refractivity (Wildman–Crippen MR) is 76.6 cm³/mol. The highest BCUT2D eigenvalue weighted by Gasteiger charge is 2.14. The van der Waals surface area contributed by atoms with Gasteiger partial charge in [0.25, 0.3) is 0 Å². The first kappa shape index (κ1) is 14.0. The van der Waals surface area contributed by atoms with Crippen molar-refractivity contribution in [2.75, 3.05) is 25.0 Å². The van der Waals surface area contributed by atoms with Gasteiger partial charge in [-0.25, -0.2) is 0 Å². The molecule has 1 atom stereocenters. The van der Waals surface area contributed by atoms with Gasteiger partial charge in [0.1, 0.15) is 0 Å². The Bertz CT molecular complexity index is 358. The maximum atomic E-state index is 5.83. The van der Waals surface area contributed by atoms with E-state index in [0.29, 0.717) is 11.8 Å². The molecule has 0 spiro atoms. The molecule has 0 aliphatic carbocycles. The maximum absolute atomic E-state index is 5.83. The summed E-state index contributed by atoms with van der Waals surface area (Å²) in [7, 11) is 2.15. The zero-order chi connectivity index (χ0) is 13.0. The van der Waals surface area contributed by atoms with Crippen LogP contribution in [-0.4, -0.2) is 20.1 Å². The van der Waals surface area contributed by atoms with Gasteiger partial charge in [0, 0.05) is 19.3 Å². The number of nitrogens with two attached hydrogens (primary N) is 1. The van der Waals surface area contributed by atoms with Gasteiger partial charge in [-0.15, -0.1) is 0 Å². The largest absolute Gasteiger partial charge is 0.374 e. The standard InChI is InChI=1S/C15H26N2/c1-11(2)14(9-16)10-17(5)15-7-6-12(3)13(4)8-15/h6-8,11,14H,9-10,16H2,1-5H3. The third-order valence-electron chi connectivity index (χ3n) is 3.69. The van der Waals surface area contributed by atoms with E-state index in [1.807, 2.05) is 0 Å². The number of rotatable bonds is 5. The van der Waals surface area contributed by atoms with Gasteiger partial charge in [0.2, 0.25) is 0 Å². The lowest BCUT2D eigenvalue weighted by Crippen LogP contribution is -2.33. The van der Waals surface area contributed by atoms with E-state index in [1.165, 1.54) is 16.8 Å². The fourth-order valence-electron chi connectivity index (χ4n) is 1.98. The highest BCUT2D eigenvalue weighted by Crippen LogP contribution is 2.20. The highest BCUT2D eigenvalue weighted by molar-refractivity contribution is 5.50. The van der Waals surface area contributed by atoms with Gasteiger partial charge in [-0.2, -0.15) is 0 Å². The minimum atomic E-state index is 0.557. The average molecular weight is 234 g/mol.